The van der Waals surface area contributed by atoms with Gasteiger partial charge in [0.2, 0.25) is 15.9 Å². The quantitative estimate of drug-likeness (QED) is 0.356. The van der Waals surface area contributed by atoms with Gasteiger partial charge in [0, 0.05) is 28.4 Å². The van der Waals surface area contributed by atoms with Crippen LogP contribution in [-0.4, -0.2) is 24.5 Å². The Morgan fingerprint density at radius 2 is 1.74 bits per heavy atom. The van der Waals surface area contributed by atoms with E-state index in [1.54, 1.807) is 18.2 Å². The van der Waals surface area contributed by atoms with E-state index < -0.39 is 10.0 Å². The number of thiophene rings is 2. The van der Waals surface area contributed by atoms with Crippen molar-refractivity contribution in [2.75, 3.05) is 10.6 Å². The van der Waals surface area contributed by atoms with Gasteiger partial charge >= 0.3 is 0 Å². The Balaban J connectivity index is 1.26. The number of nitrogens with zero attached hydrogens (tertiary/aromatic N) is 1. The molecule has 5 rings (SSSR count). The summed E-state index contributed by atoms with van der Waals surface area (Å²) in [5.41, 5.74) is 1.39. The molecule has 2 N–H and O–H groups in total. The fourth-order valence-corrected chi connectivity index (χ4v) is 7.21. The number of rotatable bonds is 6. The molecule has 34 heavy (non-hydrogen) atoms. The van der Waals surface area contributed by atoms with Gasteiger partial charge in [-0.3, -0.25) is 9.59 Å². The molecule has 4 aromatic rings. The van der Waals surface area contributed by atoms with Crippen LogP contribution in [0.3, 0.4) is 0 Å². The zero-order chi connectivity index (χ0) is 23.9. The first-order chi connectivity index (χ1) is 16.3. The minimum Gasteiger partial charge on any atom is -0.321 e. The predicted molar refractivity (Wildman–Crippen MR) is 136 cm³/mol. The number of hydrogen-bond donors (Lipinski definition) is 2. The first-order valence-corrected chi connectivity index (χ1v) is 13.4. The second kappa shape index (κ2) is 8.80. The average Bonchev–Trinajstić information content (AvgIpc) is 3.52. The fourth-order valence-electron chi connectivity index (χ4n) is 3.69. The minimum atomic E-state index is -3.71. The maximum atomic E-state index is 13.1. The molecule has 2 amide bonds. The first kappa shape index (κ1) is 22.5. The lowest BCUT2D eigenvalue weighted by Crippen LogP contribution is -2.25. The summed E-state index contributed by atoms with van der Waals surface area (Å²) < 4.78 is 28.7. The largest absolute Gasteiger partial charge is 0.321 e. The number of hydrogen-bond acceptors (Lipinski definition) is 6. The van der Waals surface area contributed by atoms with E-state index in [9.17, 15) is 18.0 Å². The van der Waals surface area contributed by atoms with Crippen molar-refractivity contribution >= 4 is 65.3 Å². The summed E-state index contributed by atoms with van der Waals surface area (Å²) in [5.74, 6) is -0.538. The van der Waals surface area contributed by atoms with Gasteiger partial charge in [0.1, 0.15) is 0 Å². The first-order valence-electron chi connectivity index (χ1n) is 10.3. The fraction of sp³-hybridized carbons (Fsp3) is 0.0833. The third-order valence-corrected chi connectivity index (χ3v) is 9.39. The molecular weight excluding hydrogens is 490 g/mol. The van der Waals surface area contributed by atoms with E-state index in [0.717, 1.165) is 20.5 Å². The van der Waals surface area contributed by atoms with Crippen LogP contribution in [0, 0.1) is 0 Å². The summed E-state index contributed by atoms with van der Waals surface area (Å²) in [6.45, 7) is 3.91. The Morgan fingerprint density at radius 1 is 0.971 bits per heavy atom. The van der Waals surface area contributed by atoms with Crippen molar-refractivity contribution in [1.29, 1.82) is 0 Å². The minimum absolute atomic E-state index is 0.155. The van der Waals surface area contributed by atoms with Gasteiger partial charge in [-0.2, -0.15) is 4.31 Å². The highest BCUT2D eigenvalue weighted by Crippen LogP contribution is 2.37. The van der Waals surface area contributed by atoms with Gasteiger partial charge in [0.05, 0.1) is 14.8 Å². The third kappa shape index (κ3) is 4.28. The van der Waals surface area contributed by atoms with Crippen molar-refractivity contribution in [1.82, 2.24) is 4.31 Å². The lowest BCUT2D eigenvalue weighted by Gasteiger charge is -2.16. The average molecular weight is 510 g/mol. The molecule has 0 unspecified atom stereocenters. The van der Waals surface area contributed by atoms with Crippen LogP contribution in [0.2, 0.25) is 0 Å². The molecule has 0 saturated heterocycles. The zero-order valence-corrected chi connectivity index (χ0v) is 20.2. The number of fused-ring (bicyclic) bond motifs is 2. The SMILES string of the molecule is C=CC(=O)Nc1cc2c(s1)CN(S(=O)(=O)c1ccc(NC(=O)c3cc4ccccc4s3)cc1)C2. The molecule has 0 saturated carbocycles. The van der Waals surface area contributed by atoms with E-state index in [2.05, 4.69) is 17.2 Å². The highest BCUT2D eigenvalue weighted by Gasteiger charge is 2.32. The van der Waals surface area contributed by atoms with Gasteiger partial charge < -0.3 is 10.6 Å². The van der Waals surface area contributed by atoms with E-state index in [1.807, 2.05) is 30.3 Å². The molecule has 10 heteroatoms. The van der Waals surface area contributed by atoms with E-state index >= 15 is 0 Å². The van der Waals surface area contributed by atoms with Crippen LogP contribution in [0.1, 0.15) is 20.1 Å². The monoisotopic (exact) mass is 509 g/mol. The maximum Gasteiger partial charge on any atom is 0.265 e. The Morgan fingerprint density at radius 3 is 2.44 bits per heavy atom. The van der Waals surface area contributed by atoms with Gasteiger partial charge in [-0.05, 0) is 59.5 Å². The molecule has 0 aliphatic carbocycles. The number of carbonyl (C=O) groups is 2. The van der Waals surface area contributed by atoms with E-state index in [-0.39, 0.29) is 29.8 Å². The predicted octanol–water partition coefficient (Wildman–Crippen LogP) is 5.04. The molecule has 3 heterocycles. The van der Waals surface area contributed by atoms with Crippen molar-refractivity contribution < 1.29 is 18.0 Å². The summed E-state index contributed by atoms with van der Waals surface area (Å²) >= 11 is 2.76. The van der Waals surface area contributed by atoms with Crippen LogP contribution in [0.15, 0.2) is 78.2 Å². The van der Waals surface area contributed by atoms with Gasteiger partial charge in [-0.25, -0.2) is 8.42 Å². The molecule has 0 spiro atoms. The van der Waals surface area contributed by atoms with Crippen molar-refractivity contribution in [3.63, 3.8) is 0 Å². The normalized spacial score (nSPS) is 13.5. The Bertz CT molecular complexity index is 1480. The van der Waals surface area contributed by atoms with Crippen LogP contribution in [0.4, 0.5) is 10.7 Å². The van der Waals surface area contributed by atoms with Gasteiger partial charge in [0.15, 0.2) is 0 Å². The standard InChI is InChI=1S/C24H19N3O4S3/c1-2-22(28)26-23-12-16-13-27(14-21(16)33-23)34(30,31)18-9-7-17(8-10-18)25-24(29)20-11-15-5-3-4-6-19(15)32-20/h2-12H,1,13-14H2,(H,25,29)(H,26,28). The molecule has 2 aromatic carbocycles. The lowest BCUT2D eigenvalue weighted by molar-refractivity contribution is -0.111. The van der Waals surface area contributed by atoms with E-state index in [4.69, 9.17) is 0 Å². The number of nitrogens with one attached hydrogen (secondary N) is 2. The van der Waals surface area contributed by atoms with Crippen molar-refractivity contribution in [2.45, 2.75) is 18.0 Å². The lowest BCUT2D eigenvalue weighted by atomic mass is 10.2. The second-order valence-corrected chi connectivity index (χ2v) is 11.8. The molecular formula is C24H19N3O4S3. The molecule has 0 radical (unpaired) electrons. The van der Waals surface area contributed by atoms with Gasteiger partial charge in [-0.1, -0.05) is 24.8 Å². The van der Waals surface area contributed by atoms with Crippen LogP contribution >= 0.6 is 22.7 Å². The topological polar surface area (TPSA) is 95.6 Å². The molecule has 172 valence electrons. The van der Waals surface area contributed by atoms with Gasteiger partial charge in [-0.15, -0.1) is 22.7 Å². The molecule has 1 aliphatic heterocycles. The Hall–Kier alpha value is -3.31. The summed E-state index contributed by atoms with van der Waals surface area (Å²) in [5, 5.41) is 7.21. The summed E-state index contributed by atoms with van der Waals surface area (Å²) in [6, 6.07) is 17.6. The number of carbonyl (C=O) groups excluding carboxylic acids is 2. The number of anilines is 2. The molecule has 1 aliphatic rings. The van der Waals surface area contributed by atoms with Crippen molar-refractivity contribution in [3.8, 4) is 0 Å². The number of sulfonamides is 1. The third-order valence-electron chi connectivity index (χ3n) is 5.39. The smallest absolute Gasteiger partial charge is 0.265 e. The maximum absolute atomic E-state index is 13.1. The zero-order valence-electron chi connectivity index (χ0n) is 17.8. The van der Waals surface area contributed by atoms with Crippen LogP contribution in [-0.2, 0) is 27.9 Å². The summed E-state index contributed by atoms with van der Waals surface area (Å²) in [7, 11) is -3.71. The molecule has 0 bridgehead atoms. The highest BCUT2D eigenvalue weighted by molar-refractivity contribution is 7.89. The molecule has 7 nitrogen and oxygen atoms in total. The van der Waals surface area contributed by atoms with Crippen LogP contribution < -0.4 is 10.6 Å². The van der Waals surface area contributed by atoms with E-state index in [1.165, 1.54) is 45.2 Å². The van der Waals surface area contributed by atoms with Crippen LogP contribution in [0.25, 0.3) is 10.1 Å². The van der Waals surface area contributed by atoms with Crippen LogP contribution in [0.5, 0.6) is 0 Å². The Labute approximate surface area is 204 Å². The molecule has 0 atom stereocenters. The van der Waals surface area contributed by atoms with Gasteiger partial charge in [0.25, 0.3) is 5.91 Å². The Kier molecular flexibility index (Phi) is 5.82. The summed E-state index contributed by atoms with van der Waals surface area (Å²) in [6.07, 6.45) is 1.19. The molecule has 0 fully saturated rings. The summed E-state index contributed by atoms with van der Waals surface area (Å²) in [4.78, 5) is 25.7. The van der Waals surface area contributed by atoms with Crippen molar-refractivity contribution in [2.24, 2.45) is 0 Å². The number of amides is 2. The van der Waals surface area contributed by atoms with Crippen molar-refractivity contribution in [3.05, 3.63) is 88.6 Å². The molecule has 2 aromatic heterocycles. The highest BCUT2D eigenvalue weighted by atomic mass is 32.2. The number of benzene rings is 2. The second-order valence-electron chi connectivity index (χ2n) is 7.65. The van der Waals surface area contributed by atoms with E-state index in [0.29, 0.717) is 15.6 Å².